The van der Waals surface area contributed by atoms with Gasteiger partial charge in [0.15, 0.2) is 0 Å². The van der Waals surface area contributed by atoms with Crippen LogP contribution in [0.4, 0.5) is 0 Å². The quantitative estimate of drug-likeness (QED) is 0.806. The Bertz CT molecular complexity index is 715. The fourth-order valence-electron chi connectivity index (χ4n) is 3.02. The van der Waals surface area contributed by atoms with Crippen LogP contribution in [-0.4, -0.2) is 6.98 Å². The van der Waals surface area contributed by atoms with E-state index in [1.165, 1.54) is 0 Å². The van der Waals surface area contributed by atoms with Crippen molar-refractivity contribution in [3.8, 4) is 0 Å². The molecule has 0 amide bonds. The fraction of sp³-hybridized carbons (Fsp3) is 0.294. The molecule has 0 bridgehead atoms. The Kier molecular flexibility index (Phi) is 3.08. The van der Waals surface area contributed by atoms with Crippen molar-refractivity contribution in [3.05, 3.63) is 69.2 Å². The number of benzene rings is 2. The van der Waals surface area contributed by atoms with Gasteiger partial charge in [-0.2, -0.15) is 0 Å². The van der Waals surface area contributed by atoms with Gasteiger partial charge in [-0.1, -0.05) is 53.5 Å². The van der Waals surface area contributed by atoms with Crippen molar-refractivity contribution >= 4 is 23.2 Å². The highest BCUT2D eigenvalue weighted by molar-refractivity contribution is 6.42. The summed E-state index contributed by atoms with van der Waals surface area (Å²) < 4.78 is 22.4. The maximum atomic E-state index is 7.47. The molecule has 1 aliphatic rings. The van der Waals surface area contributed by atoms with E-state index in [1.807, 2.05) is 36.4 Å². The van der Waals surface area contributed by atoms with Gasteiger partial charge >= 0.3 is 0 Å². The summed E-state index contributed by atoms with van der Waals surface area (Å²) in [6, 6.07) is 13.6. The molecule has 2 aromatic rings. The van der Waals surface area contributed by atoms with E-state index in [9.17, 15) is 0 Å². The van der Waals surface area contributed by atoms with Crippen LogP contribution in [0.3, 0.4) is 0 Å². The lowest BCUT2D eigenvalue weighted by atomic mass is 9.77. The first kappa shape index (κ1) is 10.7. The van der Waals surface area contributed by atoms with E-state index in [-0.39, 0.29) is 12.0 Å². The van der Waals surface area contributed by atoms with Gasteiger partial charge in [-0.3, -0.25) is 0 Å². The van der Waals surface area contributed by atoms with E-state index in [2.05, 4.69) is 11.4 Å². The molecule has 0 saturated carbocycles. The smallest absolute Gasteiger partial charge is 0.0595 e. The molecule has 0 aromatic heterocycles. The molecule has 0 heterocycles. The van der Waals surface area contributed by atoms with Crippen LogP contribution < -0.4 is 5.32 Å². The predicted molar refractivity (Wildman–Crippen MR) is 85.8 cm³/mol. The topological polar surface area (TPSA) is 12.0 Å². The highest BCUT2D eigenvalue weighted by atomic mass is 35.5. The molecular weight excluding hydrogens is 289 g/mol. The van der Waals surface area contributed by atoms with Crippen LogP contribution in [0.15, 0.2) is 42.5 Å². The van der Waals surface area contributed by atoms with E-state index in [0.29, 0.717) is 10.0 Å². The first-order valence-electron chi connectivity index (χ1n) is 8.16. The van der Waals surface area contributed by atoms with Crippen molar-refractivity contribution in [2.45, 2.75) is 24.8 Å². The summed E-state index contributed by atoms with van der Waals surface area (Å²) >= 11 is 12.2. The Hall–Kier alpha value is -1.02. The number of halogens is 2. The summed E-state index contributed by atoms with van der Waals surface area (Å²) in [5.41, 5.74) is 3.31. The standard InChI is InChI=1S/C17H17Cl2N/c1-20-17-9-7-12(13-4-2-3-5-14(13)17)11-6-8-15(18)16(19)10-11/h2-6,8,10,12,17,20H,7,9H2,1H3/t12-,17-/m0/s1/i1D3. The van der Waals surface area contributed by atoms with Crippen LogP contribution in [0.1, 0.15) is 45.6 Å². The van der Waals surface area contributed by atoms with E-state index < -0.39 is 6.98 Å². The largest absolute Gasteiger partial charge is 0.313 e. The third-order valence-electron chi connectivity index (χ3n) is 4.01. The van der Waals surface area contributed by atoms with Crippen molar-refractivity contribution in [3.63, 3.8) is 0 Å². The highest BCUT2D eigenvalue weighted by Crippen LogP contribution is 2.42. The minimum absolute atomic E-state index is 0.155. The molecule has 3 heteroatoms. The number of fused-ring (bicyclic) bond motifs is 1. The summed E-state index contributed by atoms with van der Waals surface area (Å²) in [5, 5.41) is 3.85. The van der Waals surface area contributed by atoms with E-state index >= 15 is 0 Å². The zero-order valence-electron chi connectivity index (χ0n) is 13.9. The Labute approximate surface area is 134 Å². The first-order chi connectivity index (χ1) is 10.8. The minimum atomic E-state index is -2.14. The molecule has 1 nitrogen and oxygen atoms in total. The lowest BCUT2D eigenvalue weighted by molar-refractivity contribution is 0.471. The molecule has 0 unspecified atom stereocenters. The third-order valence-corrected chi connectivity index (χ3v) is 4.75. The Balaban J connectivity index is 1.98. The number of nitrogens with one attached hydrogen (secondary N) is 1. The molecule has 0 fully saturated rings. The molecule has 0 saturated heterocycles. The van der Waals surface area contributed by atoms with Crippen molar-refractivity contribution in [1.82, 2.24) is 5.32 Å². The monoisotopic (exact) mass is 308 g/mol. The minimum Gasteiger partial charge on any atom is -0.313 e. The number of hydrogen-bond acceptors (Lipinski definition) is 1. The third kappa shape index (κ3) is 2.46. The maximum Gasteiger partial charge on any atom is 0.0595 e. The van der Waals surface area contributed by atoms with Crippen LogP contribution in [0.2, 0.25) is 10.0 Å². The van der Waals surface area contributed by atoms with Gasteiger partial charge in [0.2, 0.25) is 0 Å². The Morgan fingerprint density at radius 1 is 1.05 bits per heavy atom. The average molecular weight is 309 g/mol. The maximum absolute atomic E-state index is 7.47. The van der Waals surface area contributed by atoms with Crippen LogP contribution in [0.25, 0.3) is 0 Å². The molecule has 1 aliphatic carbocycles. The Morgan fingerprint density at radius 2 is 1.85 bits per heavy atom. The van der Waals surface area contributed by atoms with Crippen molar-refractivity contribution in [1.29, 1.82) is 0 Å². The van der Waals surface area contributed by atoms with Gasteiger partial charge < -0.3 is 5.32 Å². The fourth-order valence-corrected chi connectivity index (χ4v) is 3.32. The molecule has 20 heavy (non-hydrogen) atoms. The molecular formula is C17H17Cl2N. The summed E-state index contributed by atoms with van der Waals surface area (Å²) in [5.74, 6) is 0.204. The lowest BCUT2D eigenvalue weighted by Crippen LogP contribution is -2.24. The predicted octanol–water partition coefficient (Wildman–Crippen LogP) is 5.18. The summed E-state index contributed by atoms with van der Waals surface area (Å²) in [7, 11) is 0. The first-order valence-corrected chi connectivity index (χ1v) is 7.42. The highest BCUT2D eigenvalue weighted by Gasteiger charge is 2.27. The van der Waals surface area contributed by atoms with Gasteiger partial charge in [-0.25, -0.2) is 0 Å². The molecule has 3 rings (SSSR count). The normalized spacial score (nSPS) is 24.4. The van der Waals surface area contributed by atoms with Crippen LogP contribution in [-0.2, 0) is 0 Å². The summed E-state index contributed by atoms with van der Waals surface area (Å²) in [6.07, 6.45) is 1.63. The SMILES string of the molecule is [2H]C([2H])([2H])N[C@H]1CC[C@@H](c2ccc(Cl)c(Cl)c2)c2ccccc21. The molecule has 104 valence electrons. The van der Waals surface area contributed by atoms with E-state index in [0.717, 1.165) is 29.5 Å². The Morgan fingerprint density at radius 3 is 2.60 bits per heavy atom. The van der Waals surface area contributed by atoms with Gasteiger partial charge in [-0.05, 0) is 48.6 Å². The van der Waals surface area contributed by atoms with Crippen LogP contribution in [0.5, 0.6) is 0 Å². The second-order valence-electron chi connectivity index (χ2n) is 5.13. The van der Waals surface area contributed by atoms with Gasteiger partial charge in [0.1, 0.15) is 0 Å². The average Bonchev–Trinajstić information content (AvgIpc) is 2.49. The second-order valence-corrected chi connectivity index (χ2v) is 5.94. The molecule has 0 spiro atoms. The van der Waals surface area contributed by atoms with Gasteiger partial charge in [0.05, 0.1) is 10.0 Å². The molecule has 0 radical (unpaired) electrons. The van der Waals surface area contributed by atoms with E-state index in [4.69, 9.17) is 27.3 Å². The van der Waals surface area contributed by atoms with Crippen molar-refractivity contribution in [2.75, 3.05) is 6.98 Å². The zero-order chi connectivity index (χ0) is 16.6. The molecule has 2 atom stereocenters. The van der Waals surface area contributed by atoms with Gasteiger partial charge in [0.25, 0.3) is 0 Å². The summed E-state index contributed by atoms with van der Waals surface area (Å²) in [4.78, 5) is 0. The lowest BCUT2D eigenvalue weighted by Gasteiger charge is -2.32. The van der Waals surface area contributed by atoms with Crippen molar-refractivity contribution < 1.29 is 4.11 Å². The number of hydrogen-bond donors (Lipinski definition) is 1. The van der Waals surface area contributed by atoms with Crippen LogP contribution in [0, 0.1) is 0 Å². The van der Waals surface area contributed by atoms with Gasteiger partial charge in [-0.15, -0.1) is 0 Å². The van der Waals surface area contributed by atoms with E-state index in [1.54, 1.807) is 0 Å². The zero-order valence-corrected chi connectivity index (χ0v) is 12.4. The molecule has 0 aliphatic heterocycles. The molecule has 1 N–H and O–H groups in total. The van der Waals surface area contributed by atoms with Gasteiger partial charge in [0, 0.05) is 16.1 Å². The van der Waals surface area contributed by atoms with Crippen LogP contribution >= 0.6 is 23.2 Å². The molecule has 2 aromatic carbocycles. The number of rotatable bonds is 2. The second kappa shape index (κ2) is 5.77. The van der Waals surface area contributed by atoms with Crippen molar-refractivity contribution in [2.24, 2.45) is 0 Å². The summed E-state index contributed by atoms with van der Waals surface area (Å²) in [6.45, 7) is -2.14.